The van der Waals surface area contributed by atoms with E-state index < -0.39 is 0 Å². The molecule has 3 nitrogen and oxygen atoms in total. The first-order chi connectivity index (χ1) is 6.75. The van der Waals surface area contributed by atoms with Crippen molar-refractivity contribution in [3.63, 3.8) is 0 Å². The minimum absolute atomic E-state index is 0.115. The normalized spacial score (nSPS) is 10.1. The van der Waals surface area contributed by atoms with Gasteiger partial charge in [-0.05, 0) is 22.0 Å². The van der Waals surface area contributed by atoms with Gasteiger partial charge in [0.2, 0.25) is 0 Å². The Bertz CT molecular complexity index is 438. The van der Waals surface area contributed by atoms with Gasteiger partial charge in [-0.25, -0.2) is 4.98 Å². The zero-order valence-electron chi connectivity index (χ0n) is 6.86. The van der Waals surface area contributed by atoms with Gasteiger partial charge in [-0.3, -0.25) is 10.1 Å². The number of hydrogen-bond donors (Lipinski definition) is 1. The third kappa shape index (κ3) is 2.20. The summed E-state index contributed by atoms with van der Waals surface area (Å²) in [7, 11) is 0. The zero-order valence-corrected chi connectivity index (χ0v) is 10.1. The molecule has 1 amide bonds. The molecule has 0 unspecified atom stereocenters. The molecular formula is C8H5BrN2OS2. The maximum absolute atomic E-state index is 11.6. The molecule has 0 saturated carbocycles. The lowest BCUT2D eigenvalue weighted by atomic mass is 10.4. The highest BCUT2D eigenvalue weighted by Crippen LogP contribution is 2.21. The summed E-state index contributed by atoms with van der Waals surface area (Å²) in [5, 5.41) is 7.03. The first-order valence-electron chi connectivity index (χ1n) is 3.70. The lowest BCUT2D eigenvalue weighted by molar-refractivity contribution is 0.103. The van der Waals surface area contributed by atoms with Crippen LogP contribution in [0.2, 0.25) is 0 Å². The van der Waals surface area contributed by atoms with Gasteiger partial charge in [0.25, 0.3) is 5.91 Å². The summed E-state index contributed by atoms with van der Waals surface area (Å²) in [5.74, 6) is -0.115. The van der Waals surface area contributed by atoms with Gasteiger partial charge >= 0.3 is 0 Å². The van der Waals surface area contributed by atoms with Crippen LogP contribution in [-0.2, 0) is 0 Å². The van der Waals surface area contributed by atoms with Gasteiger partial charge in [0.05, 0.1) is 4.88 Å². The van der Waals surface area contributed by atoms with Crippen molar-refractivity contribution >= 4 is 49.6 Å². The fourth-order valence-electron chi connectivity index (χ4n) is 0.876. The van der Waals surface area contributed by atoms with Gasteiger partial charge < -0.3 is 0 Å². The van der Waals surface area contributed by atoms with Gasteiger partial charge in [0.1, 0.15) is 0 Å². The van der Waals surface area contributed by atoms with Gasteiger partial charge in [0.15, 0.2) is 5.13 Å². The topological polar surface area (TPSA) is 42.0 Å². The summed E-state index contributed by atoms with van der Waals surface area (Å²) in [5.41, 5.74) is 0. The molecule has 72 valence electrons. The molecule has 0 aliphatic carbocycles. The molecule has 1 N–H and O–H groups in total. The van der Waals surface area contributed by atoms with Crippen LogP contribution < -0.4 is 5.32 Å². The number of anilines is 1. The Morgan fingerprint density at radius 3 is 2.93 bits per heavy atom. The van der Waals surface area contributed by atoms with Crippen molar-refractivity contribution in [2.45, 2.75) is 0 Å². The number of carbonyl (C=O) groups is 1. The van der Waals surface area contributed by atoms with Crippen LogP contribution in [0.5, 0.6) is 0 Å². The largest absolute Gasteiger partial charge is 0.297 e. The third-order valence-corrected chi connectivity index (χ3v) is 3.82. The summed E-state index contributed by atoms with van der Waals surface area (Å²) in [4.78, 5) is 16.2. The number of nitrogens with zero attached hydrogens (tertiary/aromatic N) is 1. The molecule has 14 heavy (non-hydrogen) atoms. The summed E-state index contributed by atoms with van der Waals surface area (Å²) < 4.78 is 0.923. The van der Waals surface area contributed by atoms with Crippen molar-refractivity contribution < 1.29 is 4.79 Å². The Kier molecular flexibility index (Phi) is 2.95. The number of thiazole rings is 1. The first-order valence-corrected chi connectivity index (χ1v) is 6.26. The lowest BCUT2D eigenvalue weighted by Gasteiger charge is -1.96. The van der Waals surface area contributed by atoms with E-state index in [4.69, 9.17) is 0 Å². The summed E-state index contributed by atoms with van der Waals surface area (Å²) >= 11 is 6.10. The number of rotatable bonds is 2. The SMILES string of the molecule is O=C(Nc1nccs1)c1cc(Br)cs1. The van der Waals surface area contributed by atoms with E-state index in [0.717, 1.165) is 4.47 Å². The first kappa shape index (κ1) is 9.82. The molecule has 0 aliphatic rings. The second-order valence-corrected chi connectivity index (χ2v) is 5.14. The van der Waals surface area contributed by atoms with Crippen LogP contribution in [0.4, 0.5) is 5.13 Å². The molecule has 2 aromatic rings. The van der Waals surface area contributed by atoms with E-state index in [9.17, 15) is 4.79 Å². The molecule has 0 aromatic carbocycles. The Hall–Kier alpha value is -0.720. The molecule has 0 spiro atoms. The maximum Gasteiger partial charge on any atom is 0.267 e. The predicted molar refractivity (Wildman–Crippen MR) is 62.1 cm³/mol. The minimum Gasteiger partial charge on any atom is -0.297 e. The van der Waals surface area contributed by atoms with E-state index >= 15 is 0 Å². The van der Waals surface area contributed by atoms with E-state index in [0.29, 0.717) is 10.0 Å². The van der Waals surface area contributed by atoms with Crippen LogP contribution in [0.25, 0.3) is 0 Å². The third-order valence-electron chi connectivity index (χ3n) is 1.44. The lowest BCUT2D eigenvalue weighted by Crippen LogP contribution is -2.09. The van der Waals surface area contributed by atoms with E-state index in [1.54, 1.807) is 12.3 Å². The van der Waals surface area contributed by atoms with Crippen LogP contribution in [0, 0.1) is 0 Å². The fourth-order valence-corrected chi connectivity index (χ4v) is 2.72. The second kappa shape index (κ2) is 4.20. The van der Waals surface area contributed by atoms with Crippen molar-refractivity contribution in [3.05, 3.63) is 32.4 Å². The van der Waals surface area contributed by atoms with Gasteiger partial charge in [0, 0.05) is 21.4 Å². The van der Waals surface area contributed by atoms with Gasteiger partial charge in [-0.15, -0.1) is 22.7 Å². The number of hydrogen-bond acceptors (Lipinski definition) is 4. The van der Waals surface area contributed by atoms with Crippen LogP contribution >= 0.6 is 38.6 Å². The van der Waals surface area contributed by atoms with Crippen LogP contribution in [0.3, 0.4) is 0 Å². The number of aromatic nitrogens is 1. The monoisotopic (exact) mass is 288 g/mol. The Balaban J connectivity index is 2.10. The average molecular weight is 289 g/mol. The van der Waals surface area contributed by atoms with Crippen LogP contribution in [-0.4, -0.2) is 10.9 Å². The van der Waals surface area contributed by atoms with Crippen molar-refractivity contribution in [2.75, 3.05) is 5.32 Å². The molecular weight excluding hydrogens is 284 g/mol. The number of carbonyl (C=O) groups excluding carboxylic acids is 1. The summed E-state index contributed by atoms with van der Waals surface area (Å²) in [6.07, 6.45) is 1.66. The Labute approximate surface area is 96.9 Å². The molecule has 6 heteroatoms. The molecule has 0 saturated heterocycles. The average Bonchev–Trinajstić information content (AvgIpc) is 2.75. The molecule has 2 heterocycles. The quantitative estimate of drug-likeness (QED) is 0.922. The molecule has 0 atom stereocenters. The minimum atomic E-state index is -0.115. The Morgan fingerprint density at radius 1 is 1.50 bits per heavy atom. The highest BCUT2D eigenvalue weighted by molar-refractivity contribution is 9.10. The zero-order chi connectivity index (χ0) is 9.97. The molecule has 0 aliphatic heterocycles. The predicted octanol–water partition coefficient (Wildman–Crippen LogP) is 3.22. The van der Waals surface area contributed by atoms with E-state index in [1.807, 2.05) is 10.8 Å². The van der Waals surface area contributed by atoms with Crippen molar-refractivity contribution in [1.82, 2.24) is 4.98 Å². The summed E-state index contributed by atoms with van der Waals surface area (Å²) in [6, 6.07) is 1.79. The van der Waals surface area contributed by atoms with Gasteiger partial charge in [-0.1, -0.05) is 0 Å². The Morgan fingerprint density at radius 2 is 2.36 bits per heavy atom. The van der Waals surface area contributed by atoms with Crippen molar-refractivity contribution in [1.29, 1.82) is 0 Å². The summed E-state index contributed by atoms with van der Waals surface area (Å²) in [6.45, 7) is 0. The standard InChI is InChI=1S/C8H5BrN2OS2/c9-5-3-6(14-4-5)7(12)11-8-10-1-2-13-8/h1-4H,(H,10,11,12). The van der Waals surface area contributed by atoms with Crippen LogP contribution in [0.15, 0.2) is 27.5 Å². The fraction of sp³-hybridized carbons (Fsp3) is 0. The highest BCUT2D eigenvalue weighted by atomic mass is 79.9. The molecule has 2 aromatic heterocycles. The number of halogens is 1. The molecule has 2 rings (SSSR count). The molecule has 0 radical (unpaired) electrons. The molecule has 0 bridgehead atoms. The van der Waals surface area contributed by atoms with Crippen LogP contribution in [0.1, 0.15) is 9.67 Å². The second-order valence-electron chi connectivity index (χ2n) is 2.42. The maximum atomic E-state index is 11.6. The molecule has 0 fully saturated rings. The number of thiophene rings is 1. The highest BCUT2D eigenvalue weighted by Gasteiger charge is 2.09. The smallest absolute Gasteiger partial charge is 0.267 e. The van der Waals surface area contributed by atoms with E-state index in [2.05, 4.69) is 26.2 Å². The van der Waals surface area contributed by atoms with Crippen molar-refractivity contribution in [3.8, 4) is 0 Å². The van der Waals surface area contributed by atoms with E-state index in [-0.39, 0.29) is 5.91 Å². The van der Waals surface area contributed by atoms with Crippen molar-refractivity contribution in [2.24, 2.45) is 0 Å². The number of nitrogens with one attached hydrogen (secondary N) is 1. The van der Waals surface area contributed by atoms with Gasteiger partial charge in [-0.2, -0.15) is 0 Å². The number of amides is 1. The van der Waals surface area contributed by atoms with E-state index in [1.165, 1.54) is 22.7 Å².